The van der Waals surface area contributed by atoms with Gasteiger partial charge < -0.3 is 4.98 Å². The fourth-order valence-corrected chi connectivity index (χ4v) is 2.92. The van der Waals surface area contributed by atoms with Crippen molar-refractivity contribution in [2.45, 2.75) is 0 Å². The van der Waals surface area contributed by atoms with Gasteiger partial charge in [-0.05, 0) is 23.6 Å². The SMILES string of the molecule is c1c[nH]c(-c2nnc(-c3cccs3)s2)c1. The number of hydrogen-bond donors (Lipinski definition) is 1. The number of hydrogen-bond acceptors (Lipinski definition) is 4. The summed E-state index contributed by atoms with van der Waals surface area (Å²) in [6.07, 6.45) is 1.89. The van der Waals surface area contributed by atoms with Gasteiger partial charge in [0.05, 0.1) is 10.6 Å². The third-order valence-corrected chi connectivity index (χ3v) is 3.98. The molecule has 0 aliphatic carbocycles. The van der Waals surface area contributed by atoms with Crippen LogP contribution in [0.4, 0.5) is 0 Å². The highest BCUT2D eigenvalue weighted by Gasteiger charge is 2.08. The Bertz CT molecular complexity index is 488. The van der Waals surface area contributed by atoms with Gasteiger partial charge in [-0.25, -0.2) is 0 Å². The standard InChI is InChI=1S/C10H7N3S2/c1-3-7(11-5-1)9-12-13-10(15-9)8-4-2-6-14-8/h1-6,11H. The first-order valence-corrected chi connectivity index (χ1v) is 6.14. The first-order chi connectivity index (χ1) is 7.43. The molecule has 74 valence electrons. The molecule has 0 aliphatic heterocycles. The van der Waals surface area contributed by atoms with Crippen molar-refractivity contribution in [1.29, 1.82) is 0 Å². The van der Waals surface area contributed by atoms with Gasteiger partial charge >= 0.3 is 0 Å². The lowest BCUT2D eigenvalue weighted by molar-refractivity contribution is 1.10. The van der Waals surface area contributed by atoms with Gasteiger partial charge in [0.15, 0.2) is 10.0 Å². The molecule has 3 nitrogen and oxygen atoms in total. The maximum Gasteiger partial charge on any atom is 0.164 e. The molecule has 0 radical (unpaired) electrons. The molecular formula is C10H7N3S2. The predicted molar refractivity (Wildman–Crippen MR) is 63.0 cm³/mol. The number of aromatic nitrogens is 3. The summed E-state index contributed by atoms with van der Waals surface area (Å²) in [7, 11) is 0. The van der Waals surface area contributed by atoms with Gasteiger partial charge in [-0.2, -0.15) is 0 Å². The van der Waals surface area contributed by atoms with E-state index in [-0.39, 0.29) is 0 Å². The number of thiophene rings is 1. The molecule has 0 saturated carbocycles. The van der Waals surface area contributed by atoms with Gasteiger partial charge in [-0.15, -0.1) is 21.5 Å². The Labute approximate surface area is 94.4 Å². The molecule has 0 spiro atoms. The summed E-state index contributed by atoms with van der Waals surface area (Å²) in [5.41, 5.74) is 1.02. The zero-order chi connectivity index (χ0) is 10.1. The molecule has 0 amide bonds. The van der Waals surface area contributed by atoms with Crippen molar-refractivity contribution in [2.24, 2.45) is 0 Å². The topological polar surface area (TPSA) is 41.6 Å². The van der Waals surface area contributed by atoms with Crippen LogP contribution < -0.4 is 0 Å². The molecule has 3 aromatic heterocycles. The van der Waals surface area contributed by atoms with Crippen molar-refractivity contribution >= 4 is 22.7 Å². The van der Waals surface area contributed by atoms with E-state index in [9.17, 15) is 0 Å². The number of aromatic amines is 1. The second-order valence-electron chi connectivity index (χ2n) is 2.97. The van der Waals surface area contributed by atoms with E-state index in [1.165, 1.54) is 4.88 Å². The van der Waals surface area contributed by atoms with Crippen LogP contribution in [0.1, 0.15) is 0 Å². The third kappa shape index (κ3) is 1.60. The van der Waals surface area contributed by atoms with E-state index in [2.05, 4.69) is 21.2 Å². The lowest BCUT2D eigenvalue weighted by Crippen LogP contribution is -1.74. The highest BCUT2D eigenvalue weighted by Crippen LogP contribution is 2.31. The van der Waals surface area contributed by atoms with Crippen molar-refractivity contribution in [3.8, 4) is 20.6 Å². The van der Waals surface area contributed by atoms with Crippen LogP contribution in [0, 0.1) is 0 Å². The van der Waals surface area contributed by atoms with E-state index in [4.69, 9.17) is 0 Å². The average molecular weight is 233 g/mol. The largest absolute Gasteiger partial charge is 0.359 e. The summed E-state index contributed by atoms with van der Waals surface area (Å²) in [6.45, 7) is 0. The van der Waals surface area contributed by atoms with Crippen LogP contribution >= 0.6 is 22.7 Å². The summed E-state index contributed by atoms with van der Waals surface area (Å²) >= 11 is 3.29. The van der Waals surface area contributed by atoms with E-state index in [1.807, 2.05) is 29.8 Å². The van der Waals surface area contributed by atoms with Crippen molar-refractivity contribution in [2.75, 3.05) is 0 Å². The summed E-state index contributed by atoms with van der Waals surface area (Å²) in [5, 5.41) is 12.3. The van der Waals surface area contributed by atoms with Crippen LogP contribution in [0.5, 0.6) is 0 Å². The summed E-state index contributed by atoms with van der Waals surface area (Å²) < 4.78 is 0. The Balaban J connectivity index is 2.02. The molecule has 0 saturated heterocycles. The molecule has 3 heterocycles. The fourth-order valence-electron chi connectivity index (χ4n) is 1.30. The molecule has 3 aromatic rings. The minimum absolute atomic E-state index is 0.934. The second kappa shape index (κ2) is 3.60. The average Bonchev–Trinajstić information content (AvgIpc) is 3.02. The van der Waals surface area contributed by atoms with Crippen molar-refractivity contribution in [1.82, 2.24) is 15.2 Å². The van der Waals surface area contributed by atoms with Crippen molar-refractivity contribution in [3.05, 3.63) is 35.8 Å². The molecule has 0 atom stereocenters. The quantitative estimate of drug-likeness (QED) is 0.738. The summed E-state index contributed by atoms with van der Waals surface area (Å²) in [4.78, 5) is 4.29. The van der Waals surface area contributed by atoms with Gasteiger partial charge in [-0.3, -0.25) is 0 Å². The molecule has 0 unspecified atom stereocenters. The van der Waals surface area contributed by atoms with Crippen LogP contribution in [0.3, 0.4) is 0 Å². The van der Waals surface area contributed by atoms with Gasteiger partial charge in [-0.1, -0.05) is 17.4 Å². The van der Waals surface area contributed by atoms with Crippen LogP contribution in [0.15, 0.2) is 35.8 Å². The lowest BCUT2D eigenvalue weighted by atomic mass is 10.5. The third-order valence-electron chi connectivity index (χ3n) is 1.99. The zero-order valence-corrected chi connectivity index (χ0v) is 9.31. The number of nitrogens with zero attached hydrogens (tertiary/aromatic N) is 2. The number of rotatable bonds is 2. The van der Waals surface area contributed by atoms with Gasteiger partial charge in [0, 0.05) is 6.20 Å². The van der Waals surface area contributed by atoms with Gasteiger partial charge in [0.2, 0.25) is 0 Å². The van der Waals surface area contributed by atoms with E-state index in [0.29, 0.717) is 0 Å². The fraction of sp³-hybridized carbons (Fsp3) is 0. The maximum atomic E-state index is 4.17. The van der Waals surface area contributed by atoms with Crippen LogP contribution in [0.2, 0.25) is 0 Å². The molecule has 0 aromatic carbocycles. The van der Waals surface area contributed by atoms with E-state index in [0.717, 1.165) is 15.7 Å². The van der Waals surface area contributed by atoms with E-state index in [1.54, 1.807) is 22.7 Å². The molecule has 3 rings (SSSR count). The normalized spacial score (nSPS) is 10.7. The van der Waals surface area contributed by atoms with Crippen LogP contribution in [-0.2, 0) is 0 Å². The molecule has 5 heteroatoms. The minimum atomic E-state index is 0.934. The van der Waals surface area contributed by atoms with Gasteiger partial charge in [0.1, 0.15) is 0 Å². The zero-order valence-electron chi connectivity index (χ0n) is 7.68. The maximum absolute atomic E-state index is 4.17. The first kappa shape index (κ1) is 8.82. The minimum Gasteiger partial charge on any atom is -0.359 e. The number of nitrogens with one attached hydrogen (secondary N) is 1. The Hall–Kier alpha value is -1.46. The molecule has 0 aliphatic rings. The van der Waals surface area contributed by atoms with E-state index < -0.39 is 0 Å². The second-order valence-corrected chi connectivity index (χ2v) is 4.90. The highest BCUT2D eigenvalue weighted by molar-refractivity contribution is 7.22. The van der Waals surface area contributed by atoms with E-state index >= 15 is 0 Å². The molecule has 0 fully saturated rings. The predicted octanol–water partition coefficient (Wildman–Crippen LogP) is 3.26. The summed E-state index contributed by atoms with van der Waals surface area (Å²) in [5.74, 6) is 0. The molecule has 0 bridgehead atoms. The van der Waals surface area contributed by atoms with Crippen LogP contribution in [-0.4, -0.2) is 15.2 Å². The molecule has 15 heavy (non-hydrogen) atoms. The van der Waals surface area contributed by atoms with Crippen molar-refractivity contribution < 1.29 is 0 Å². The first-order valence-electron chi connectivity index (χ1n) is 4.44. The van der Waals surface area contributed by atoms with Crippen LogP contribution in [0.25, 0.3) is 20.6 Å². The molecule has 1 N–H and O–H groups in total. The van der Waals surface area contributed by atoms with Crippen molar-refractivity contribution in [3.63, 3.8) is 0 Å². The van der Waals surface area contributed by atoms with Gasteiger partial charge in [0.25, 0.3) is 0 Å². The molecular weight excluding hydrogens is 226 g/mol. The smallest absolute Gasteiger partial charge is 0.164 e. The lowest BCUT2D eigenvalue weighted by Gasteiger charge is -1.86. The Kier molecular flexibility index (Phi) is 2.12. The number of H-pyrrole nitrogens is 1. The summed E-state index contributed by atoms with van der Waals surface area (Å²) in [6, 6.07) is 8.04. The highest BCUT2D eigenvalue weighted by atomic mass is 32.1. The monoisotopic (exact) mass is 233 g/mol. The Morgan fingerprint density at radius 1 is 1.07 bits per heavy atom. The Morgan fingerprint density at radius 3 is 2.73 bits per heavy atom. The Morgan fingerprint density at radius 2 is 2.00 bits per heavy atom.